The van der Waals surface area contributed by atoms with Crippen molar-refractivity contribution in [3.63, 3.8) is 0 Å². The summed E-state index contributed by atoms with van der Waals surface area (Å²) in [7, 11) is 0. The fraction of sp³-hybridized carbons (Fsp3) is 0.786. The lowest BCUT2D eigenvalue weighted by Gasteiger charge is -2.38. The number of amides is 1. The summed E-state index contributed by atoms with van der Waals surface area (Å²) in [5.74, 6) is 0.506. The SMILES string of the molecule is CC(=O)OC12CC3C(C1C(C)=NN2C(C)=O)C3(C)C. The van der Waals surface area contributed by atoms with Gasteiger partial charge < -0.3 is 4.74 Å². The average Bonchev–Trinajstić information content (AvgIpc) is 2.60. The fourth-order valence-corrected chi connectivity index (χ4v) is 4.40. The molecule has 1 aliphatic heterocycles. The lowest BCUT2D eigenvalue weighted by molar-refractivity contribution is -0.191. The topological polar surface area (TPSA) is 59.0 Å². The number of rotatable bonds is 1. The van der Waals surface area contributed by atoms with Crippen molar-refractivity contribution >= 4 is 17.6 Å². The number of carbonyl (C=O) groups is 2. The van der Waals surface area contributed by atoms with Crippen LogP contribution >= 0.6 is 0 Å². The summed E-state index contributed by atoms with van der Waals surface area (Å²) in [6, 6.07) is 0. The van der Waals surface area contributed by atoms with Gasteiger partial charge in [-0.2, -0.15) is 10.1 Å². The molecule has 2 saturated carbocycles. The van der Waals surface area contributed by atoms with Crippen LogP contribution in [-0.2, 0) is 14.3 Å². The van der Waals surface area contributed by atoms with E-state index in [1.54, 1.807) is 0 Å². The van der Waals surface area contributed by atoms with Crippen molar-refractivity contribution in [2.75, 3.05) is 0 Å². The largest absolute Gasteiger partial charge is 0.436 e. The van der Waals surface area contributed by atoms with Crippen molar-refractivity contribution in [3.05, 3.63) is 0 Å². The summed E-state index contributed by atoms with van der Waals surface area (Å²) < 4.78 is 5.61. The standard InChI is InChI=1S/C14H20N2O3/c1-7-11-12-10(13(12,4)5)6-14(11,19-9(3)18)16(15-7)8(2)17/h10-12H,6H2,1-5H3. The summed E-state index contributed by atoms with van der Waals surface area (Å²) in [6.45, 7) is 9.28. The molecule has 0 aromatic heterocycles. The lowest BCUT2D eigenvalue weighted by Crippen LogP contribution is -2.53. The Balaban J connectivity index is 2.02. The number of hydrogen-bond donors (Lipinski definition) is 0. The third-order valence-electron chi connectivity index (χ3n) is 5.18. The van der Waals surface area contributed by atoms with E-state index in [9.17, 15) is 9.59 Å². The smallest absolute Gasteiger partial charge is 0.304 e. The van der Waals surface area contributed by atoms with E-state index >= 15 is 0 Å². The molecule has 104 valence electrons. The molecule has 0 spiro atoms. The Morgan fingerprint density at radius 1 is 1.37 bits per heavy atom. The minimum absolute atomic E-state index is 0.0558. The highest BCUT2D eigenvalue weighted by Crippen LogP contribution is 2.74. The molecule has 4 atom stereocenters. The molecule has 1 heterocycles. The predicted octanol–water partition coefficient (Wildman–Crippen LogP) is 1.78. The molecule has 2 fully saturated rings. The fourth-order valence-electron chi connectivity index (χ4n) is 4.40. The van der Waals surface area contributed by atoms with Crippen molar-refractivity contribution in [2.45, 2.75) is 46.8 Å². The first-order chi connectivity index (χ1) is 8.71. The van der Waals surface area contributed by atoms with Gasteiger partial charge in [0.05, 0.1) is 5.92 Å². The van der Waals surface area contributed by atoms with E-state index in [0.717, 1.165) is 5.71 Å². The van der Waals surface area contributed by atoms with Gasteiger partial charge in [-0.25, -0.2) is 0 Å². The first kappa shape index (κ1) is 12.6. The molecule has 19 heavy (non-hydrogen) atoms. The summed E-state index contributed by atoms with van der Waals surface area (Å²) in [6.07, 6.45) is 0.704. The number of ether oxygens (including phenoxy) is 1. The second-order valence-electron chi connectivity index (χ2n) is 6.65. The van der Waals surface area contributed by atoms with E-state index in [1.807, 2.05) is 6.92 Å². The van der Waals surface area contributed by atoms with Crippen LogP contribution < -0.4 is 0 Å². The van der Waals surface area contributed by atoms with Crippen LogP contribution in [-0.4, -0.2) is 28.3 Å². The maximum Gasteiger partial charge on any atom is 0.304 e. The Labute approximate surface area is 113 Å². The van der Waals surface area contributed by atoms with Gasteiger partial charge in [0.2, 0.25) is 11.6 Å². The Morgan fingerprint density at radius 2 is 2.00 bits per heavy atom. The quantitative estimate of drug-likeness (QED) is 0.678. The van der Waals surface area contributed by atoms with Crippen molar-refractivity contribution in [2.24, 2.45) is 28.3 Å². The number of hydrazone groups is 1. The maximum absolute atomic E-state index is 11.8. The van der Waals surface area contributed by atoms with Crippen molar-refractivity contribution < 1.29 is 14.3 Å². The van der Waals surface area contributed by atoms with Crippen LogP contribution in [0.1, 0.15) is 41.0 Å². The van der Waals surface area contributed by atoms with Crippen molar-refractivity contribution in [1.29, 1.82) is 0 Å². The van der Waals surface area contributed by atoms with Gasteiger partial charge in [-0.3, -0.25) is 9.59 Å². The summed E-state index contributed by atoms with van der Waals surface area (Å²) >= 11 is 0. The molecule has 2 aliphatic carbocycles. The molecule has 0 N–H and O–H groups in total. The Kier molecular flexibility index (Phi) is 2.25. The minimum atomic E-state index is -0.855. The van der Waals surface area contributed by atoms with Gasteiger partial charge in [0, 0.05) is 26.0 Å². The zero-order chi connectivity index (χ0) is 14.2. The first-order valence-corrected chi connectivity index (χ1v) is 6.77. The zero-order valence-electron chi connectivity index (χ0n) is 12.1. The van der Waals surface area contributed by atoms with Crippen molar-refractivity contribution in [1.82, 2.24) is 5.01 Å². The predicted molar refractivity (Wildman–Crippen MR) is 69.0 cm³/mol. The molecule has 4 unspecified atom stereocenters. The Morgan fingerprint density at radius 3 is 2.53 bits per heavy atom. The van der Waals surface area contributed by atoms with E-state index in [4.69, 9.17) is 4.74 Å². The van der Waals surface area contributed by atoms with E-state index in [1.165, 1.54) is 18.9 Å². The molecule has 3 aliphatic rings. The molecule has 5 nitrogen and oxygen atoms in total. The highest BCUT2D eigenvalue weighted by atomic mass is 16.6. The lowest BCUT2D eigenvalue weighted by atomic mass is 9.84. The minimum Gasteiger partial charge on any atom is -0.436 e. The normalized spacial score (nSPS) is 41.4. The van der Waals surface area contributed by atoms with Gasteiger partial charge in [0.25, 0.3) is 0 Å². The highest BCUT2D eigenvalue weighted by Gasteiger charge is 2.77. The van der Waals surface area contributed by atoms with Gasteiger partial charge in [-0.1, -0.05) is 13.8 Å². The molecule has 3 rings (SSSR count). The average molecular weight is 264 g/mol. The zero-order valence-corrected chi connectivity index (χ0v) is 12.1. The molecule has 1 amide bonds. The van der Waals surface area contributed by atoms with E-state index in [0.29, 0.717) is 18.3 Å². The van der Waals surface area contributed by atoms with E-state index in [-0.39, 0.29) is 23.2 Å². The molecule has 0 radical (unpaired) electrons. The monoisotopic (exact) mass is 264 g/mol. The van der Waals surface area contributed by atoms with Gasteiger partial charge in [-0.05, 0) is 24.2 Å². The number of esters is 1. The van der Waals surface area contributed by atoms with Gasteiger partial charge in [0.15, 0.2) is 0 Å². The van der Waals surface area contributed by atoms with Crippen LogP contribution in [0.3, 0.4) is 0 Å². The van der Waals surface area contributed by atoms with E-state index < -0.39 is 5.72 Å². The van der Waals surface area contributed by atoms with Crippen LogP contribution in [0.5, 0.6) is 0 Å². The summed E-state index contributed by atoms with van der Waals surface area (Å²) in [5.41, 5.74) is 0.319. The summed E-state index contributed by atoms with van der Waals surface area (Å²) in [5, 5.41) is 5.76. The van der Waals surface area contributed by atoms with Crippen LogP contribution in [0.4, 0.5) is 0 Å². The van der Waals surface area contributed by atoms with Gasteiger partial charge >= 0.3 is 5.97 Å². The molecule has 0 bridgehead atoms. The number of carbonyl (C=O) groups excluding carboxylic acids is 2. The van der Waals surface area contributed by atoms with Crippen molar-refractivity contribution in [3.8, 4) is 0 Å². The Bertz CT molecular complexity index is 511. The molecule has 0 saturated heterocycles. The molecule has 5 heteroatoms. The van der Waals surface area contributed by atoms with E-state index in [2.05, 4.69) is 18.9 Å². The third-order valence-corrected chi connectivity index (χ3v) is 5.18. The van der Waals surface area contributed by atoms with Gasteiger partial charge in [-0.15, -0.1) is 0 Å². The molecular formula is C14H20N2O3. The second kappa shape index (κ2) is 3.38. The first-order valence-electron chi connectivity index (χ1n) is 6.77. The number of fused-ring (bicyclic) bond motifs is 3. The third kappa shape index (κ3) is 1.38. The number of hydrogen-bond acceptors (Lipinski definition) is 4. The van der Waals surface area contributed by atoms with Crippen LogP contribution in [0.25, 0.3) is 0 Å². The molecule has 0 aromatic carbocycles. The number of nitrogens with zero attached hydrogens (tertiary/aromatic N) is 2. The maximum atomic E-state index is 11.8. The van der Waals surface area contributed by atoms with Crippen LogP contribution in [0.2, 0.25) is 0 Å². The molecular weight excluding hydrogens is 244 g/mol. The second-order valence-corrected chi connectivity index (χ2v) is 6.65. The van der Waals surface area contributed by atoms with Gasteiger partial charge in [0.1, 0.15) is 0 Å². The van der Waals surface area contributed by atoms with Crippen LogP contribution in [0.15, 0.2) is 5.10 Å². The Hall–Kier alpha value is -1.39. The highest BCUT2D eigenvalue weighted by molar-refractivity contribution is 5.92. The van der Waals surface area contributed by atoms with Crippen LogP contribution in [0, 0.1) is 23.2 Å². The molecule has 0 aromatic rings. The summed E-state index contributed by atoms with van der Waals surface area (Å²) in [4.78, 5) is 23.3.